The second-order valence-electron chi connectivity index (χ2n) is 5.35. The Morgan fingerprint density at radius 1 is 1.20 bits per heavy atom. The predicted molar refractivity (Wildman–Crippen MR) is 92.8 cm³/mol. The van der Waals surface area contributed by atoms with Gasteiger partial charge in [-0.05, 0) is 35.9 Å². The summed E-state index contributed by atoms with van der Waals surface area (Å²) in [5, 5.41) is 9.84. The van der Waals surface area contributed by atoms with Gasteiger partial charge in [0.25, 0.3) is 5.91 Å². The van der Waals surface area contributed by atoms with E-state index in [2.05, 4.69) is 0 Å². The molecule has 1 heterocycles. The molecule has 0 spiro atoms. The van der Waals surface area contributed by atoms with Crippen molar-refractivity contribution in [2.75, 3.05) is 4.90 Å². The summed E-state index contributed by atoms with van der Waals surface area (Å²) in [6.45, 7) is 0. The molecule has 6 heteroatoms. The van der Waals surface area contributed by atoms with Gasteiger partial charge in [-0.1, -0.05) is 29.8 Å². The van der Waals surface area contributed by atoms with Crippen LogP contribution in [0.5, 0.6) is 0 Å². The normalized spacial score (nSPS) is 15.9. The number of halogens is 3. The maximum Gasteiger partial charge on any atom is 0.252 e. The van der Waals surface area contributed by atoms with E-state index in [4.69, 9.17) is 11.6 Å². The van der Waals surface area contributed by atoms with E-state index in [-0.39, 0.29) is 5.69 Å². The van der Waals surface area contributed by atoms with Crippen molar-refractivity contribution in [2.24, 2.45) is 0 Å². The van der Waals surface area contributed by atoms with Gasteiger partial charge < -0.3 is 0 Å². The third-order valence-corrected chi connectivity index (χ3v) is 3.98. The highest BCUT2D eigenvalue weighted by Gasteiger charge is 2.28. The van der Waals surface area contributed by atoms with E-state index in [0.717, 1.165) is 22.6 Å². The van der Waals surface area contributed by atoms with Crippen LogP contribution in [0.15, 0.2) is 48.6 Å². The first-order valence-corrected chi connectivity index (χ1v) is 7.71. The van der Waals surface area contributed by atoms with Gasteiger partial charge in [0.15, 0.2) is 11.6 Å². The van der Waals surface area contributed by atoms with Crippen LogP contribution in [0.1, 0.15) is 11.1 Å². The molecule has 1 aliphatic heterocycles. The highest BCUT2D eigenvalue weighted by Crippen LogP contribution is 2.31. The predicted octanol–water partition coefficient (Wildman–Crippen LogP) is 4.58. The number of carbonyl (C=O) groups is 1. The molecular weight excluding hydrogens is 346 g/mol. The molecule has 1 atom stereocenters. The van der Waals surface area contributed by atoms with Gasteiger partial charge in [-0.25, -0.2) is 8.78 Å². The van der Waals surface area contributed by atoms with Crippen molar-refractivity contribution in [2.45, 2.75) is 6.04 Å². The Morgan fingerprint density at radius 2 is 1.88 bits per heavy atom. The lowest BCUT2D eigenvalue weighted by Crippen LogP contribution is -2.39. The van der Waals surface area contributed by atoms with Gasteiger partial charge in [0.2, 0.25) is 0 Å². The number of nitrogens with zero attached hydrogens (tertiary/aromatic N) is 2. The average Bonchev–Trinajstić information content (AvgIpc) is 2.61. The first-order chi connectivity index (χ1) is 12.0. The van der Waals surface area contributed by atoms with E-state index in [0.29, 0.717) is 10.6 Å². The number of fused-ring (bicyclic) bond motifs is 1. The maximum absolute atomic E-state index is 13.6. The third-order valence-electron chi connectivity index (χ3n) is 3.72. The van der Waals surface area contributed by atoms with E-state index < -0.39 is 23.6 Å². The van der Waals surface area contributed by atoms with Crippen molar-refractivity contribution in [3.8, 4) is 6.07 Å². The summed E-state index contributed by atoms with van der Waals surface area (Å²) in [7, 11) is 0. The van der Waals surface area contributed by atoms with Crippen molar-refractivity contribution in [1.82, 2.24) is 0 Å². The molecule has 1 amide bonds. The van der Waals surface area contributed by atoms with E-state index >= 15 is 0 Å². The Balaban J connectivity index is 1.95. The SMILES string of the molecule is N#CC1C=Cc2cc(F)c(F)cc2N1C(=O)C=Cc1ccc(Cl)cc1. The number of carbonyl (C=O) groups excluding carboxylic acids is 1. The quantitative estimate of drug-likeness (QED) is 0.739. The Kier molecular flexibility index (Phi) is 4.64. The molecule has 0 bridgehead atoms. The second kappa shape index (κ2) is 6.88. The maximum atomic E-state index is 13.6. The van der Waals surface area contributed by atoms with Gasteiger partial charge in [0.05, 0.1) is 11.8 Å². The zero-order valence-corrected chi connectivity index (χ0v) is 13.5. The number of hydrogen-bond acceptors (Lipinski definition) is 2. The molecule has 25 heavy (non-hydrogen) atoms. The highest BCUT2D eigenvalue weighted by atomic mass is 35.5. The lowest BCUT2D eigenvalue weighted by molar-refractivity contribution is -0.114. The van der Waals surface area contributed by atoms with Crippen LogP contribution in [0.2, 0.25) is 5.02 Å². The standard InChI is InChI=1S/C19H11ClF2N2O/c20-14-5-1-12(2-6-14)3-8-19(25)24-15(11-23)7-4-13-9-16(21)17(22)10-18(13)24/h1-10,15H. The van der Waals surface area contributed by atoms with E-state index in [1.807, 2.05) is 6.07 Å². The van der Waals surface area contributed by atoms with E-state index in [1.54, 1.807) is 30.3 Å². The summed E-state index contributed by atoms with van der Waals surface area (Å²) in [6, 6.07) is 9.81. The summed E-state index contributed by atoms with van der Waals surface area (Å²) in [5.41, 5.74) is 1.22. The minimum Gasteiger partial charge on any atom is -0.288 e. The van der Waals surface area contributed by atoms with Crippen molar-refractivity contribution < 1.29 is 13.6 Å². The minimum absolute atomic E-state index is 0.152. The smallest absolute Gasteiger partial charge is 0.252 e. The van der Waals surface area contributed by atoms with Gasteiger partial charge in [-0.15, -0.1) is 0 Å². The Morgan fingerprint density at radius 3 is 2.56 bits per heavy atom. The van der Waals surface area contributed by atoms with Crippen LogP contribution in [0.4, 0.5) is 14.5 Å². The lowest BCUT2D eigenvalue weighted by atomic mass is 10.0. The van der Waals surface area contributed by atoms with Crippen LogP contribution < -0.4 is 4.90 Å². The van der Waals surface area contributed by atoms with Crippen LogP contribution in [-0.4, -0.2) is 11.9 Å². The molecule has 3 nitrogen and oxygen atoms in total. The van der Waals surface area contributed by atoms with Gasteiger partial charge in [0, 0.05) is 22.7 Å². The fraction of sp³-hybridized carbons (Fsp3) is 0.0526. The molecule has 1 aliphatic rings. The first-order valence-electron chi connectivity index (χ1n) is 7.33. The Hall–Kier alpha value is -2.97. The van der Waals surface area contributed by atoms with Gasteiger partial charge in [0.1, 0.15) is 6.04 Å². The topological polar surface area (TPSA) is 44.1 Å². The van der Waals surface area contributed by atoms with Crippen molar-refractivity contribution in [3.63, 3.8) is 0 Å². The summed E-state index contributed by atoms with van der Waals surface area (Å²) in [4.78, 5) is 13.7. The zero-order chi connectivity index (χ0) is 18.0. The van der Waals surface area contributed by atoms with Crippen molar-refractivity contribution in [3.05, 3.63) is 76.3 Å². The van der Waals surface area contributed by atoms with Crippen LogP contribution in [0.25, 0.3) is 12.2 Å². The molecule has 3 rings (SSSR count). The van der Waals surface area contributed by atoms with Crippen molar-refractivity contribution >= 4 is 35.3 Å². The van der Waals surface area contributed by atoms with Crippen LogP contribution in [0.3, 0.4) is 0 Å². The molecule has 124 valence electrons. The molecule has 0 N–H and O–H groups in total. The fourth-order valence-corrected chi connectivity index (χ4v) is 2.63. The summed E-state index contributed by atoms with van der Waals surface area (Å²) in [6.07, 6.45) is 5.80. The van der Waals surface area contributed by atoms with Gasteiger partial charge >= 0.3 is 0 Å². The molecule has 0 fully saturated rings. The number of nitriles is 1. The number of rotatable bonds is 2. The van der Waals surface area contributed by atoms with Crippen LogP contribution in [-0.2, 0) is 4.79 Å². The molecule has 0 saturated heterocycles. The first kappa shape index (κ1) is 16.9. The molecule has 0 aromatic heterocycles. The van der Waals surface area contributed by atoms with Gasteiger partial charge in [-0.3, -0.25) is 9.69 Å². The average molecular weight is 357 g/mol. The van der Waals surface area contributed by atoms with E-state index in [9.17, 15) is 18.8 Å². The largest absolute Gasteiger partial charge is 0.288 e. The minimum atomic E-state index is -1.08. The zero-order valence-electron chi connectivity index (χ0n) is 12.8. The fourth-order valence-electron chi connectivity index (χ4n) is 2.50. The molecule has 2 aromatic carbocycles. The summed E-state index contributed by atoms with van der Waals surface area (Å²) < 4.78 is 27.0. The lowest BCUT2D eigenvalue weighted by Gasteiger charge is -2.29. The number of anilines is 1. The van der Waals surface area contributed by atoms with E-state index in [1.165, 1.54) is 18.2 Å². The number of amides is 1. The molecule has 0 saturated carbocycles. The molecule has 2 aromatic rings. The molecule has 0 radical (unpaired) electrons. The Labute approximate surface area is 148 Å². The van der Waals surface area contributed by atoms with Crippen LogP contribution in [0, 0.1) is 23.0 Å². The molecule has 0 aliphatic carbocycles. The highest BCUT2D eigenvalue weighted by molar-refractivity contribution is 6.30. The summed E-state index contributed by atoms with van der Waals surface area (Å²) >= 11 is 5.81. The monoisotopic (exact) mass is 356 g/mol. The number of benzene rings is 2. The summed E-state index contributed by atoms with van der Waals surface area (Å²) in [5.74, 6) is -2.61. The third kappa shape index (κ3) is 3.44. The Bertz CT molecular complexity index is 930. The second-order valence-corrected chi connectivity index (χ2v) is 5.79. The molecule has 1 unspecified atom stereocenters. The van der Waals surface area contributed by atoms with Gasteiger partial charge in [-0.2, -0.15) is 5.26 Å². The van der Waals surface area contributed by atoms with Crippen molar-refractivity contribution in [1.29, 1.82) is 5.26 Å². The molecular formula is C19H11ClF2N2O. The number of hydrogen-bond donors (Lipinski definition) is 0. The van der Waals surface area contributed by atoms with Crippen LogP contribution >= 0.6 is 11.6 Å².